The zero-order valence-electron chi connectivity index (χ0n) is 6.18. The van der Waals surface area contributed by atoms with Crippen LogP contribution >= 0.6 is 0 Å². The van der Waals surface area contributed by atoms with E-state index in [1.54, 1.807) is 0 Å². The molecule has 1 rings (SSSR count). The number of azo groups is 1. The minimum absolute atomic E-state index is 0.611. The molecule has 0 spiro atoms. The monoisotopic (exact) mass is 124 g/mol. The Morgan fingerprint density at radius 1 is 1.44 bits per heavy atom. The maximum Gasteiger partial charge on any atom is 0.0837 e. The molecule has 9 heavy (non-hydrogen) atoms. The van der Waals surface area contributed by atoms with Crippen molar-refractivity contribution >= 4 is 0 Å². The van der Waals surface area contributed by atoms with E-state index in [4.69, 9.17) is 0 Å². The normalized spacial score (nSPS) is 18.2. The molecular weight excluding hydrogens is 112 g/mol. The summed E-state index contributed by atoms with van der Waals surface area (Å²) in [5, 5.41) is 7.86. The second-order valence-electron chi connectivity index (χ2n) is 2.66. The SMILES string of the molecule is CC1=C(C(C)C)CN=N1. The van der Waals surface area contributed by atoms with Gasteiger partial charge in [0, 0.05) is 0 Å². The Kier molecular flexibility index (Phi) is 1.65. The average Bonchev–Trinajstić information content (AvgIpc) is 2.13. The smallest absolute Gasteiger partial charge is 0.0837 e. The lowest BCUT2D eigenvalue weighted by atomic mass is 10.0. The Bertz CT molecular complexity index is 166. The maximum atomic E-state index is 3.94. The average molecular weight is 124 g/mol. The standard InChI is InChI=1S/C7H12N2/c1-5(2)7-4-8-9-6(7)3/h5H,4H2,1-3H3. The van der Waals surface area contributed by atoms with E-state index < -0.39 is 0 Å². The summed E-state index contributed by atoms with van der Waals surface area (Å²) in [6, 6.07) is 0. The van der Waals surface area contributed by atoms with Gasteiger partial charge in [-0.3, -0.25) is 0 Å². The molecule has 2 nitrogen and oxygen atoms in total. The van der Waals surface area contributed by atoms with Gasteiger partial charge in [-0.1, -0.05) is 13.8 Å². The van der Waals surface area contributed by atoms with Gasteiger partial charge in [-0.05, 0) is 18.4 Å². The Hall–Kier alpha value is -0.660. The molecule has 0 aromatic heterocycles. The lowest BCUT2D eigenvalue weighted by molar-refractivity contribution is 0.748. The Labute approximate surface area is 55.7 Å². The van der Waals surface area contributed by atoms with Gasteiger partial charge in [-0.25, -0.2) is 0 Å². The second kappa shape index (κ2) is 2.29. The quantitative estimate of drug-likeness (QED) is 0.512. The molecule has 1 aliphatic heterocycles. The van der Waals surface area contributed by atoms with Crippen LogP contribution in [0.25, 0.3) is 0 Å². The summed E-state index contributed by atoms with van der Waals surface area (Å²) >= 11 is 0. The Morgan fingerprint density at radius 2 is 2.11 bits per heavy atom. The zero-order chi connectivity index (χ0) is 6.85. The minimum atomic E-state index is 0.611. The van der Waals surface area contributed by atoms with Gasteiger partial charge in [0.25, 0.3) is 0 Å². The molecule has 0 unspecified atom stereocenters. The number of rotatable bonds is 1. The van der Waals surface area contributed by atoms with Crippen molar-refractivity contribution in [2.24, 2.45) is 16.1 Å². The lowest BCUT2D eigenvalue weighted by Gasteiger charge is -2.03. The Morgan fingerprint density at radius 3 is 2.33 bits per heavy atom. The zero-order valence-corrected chi connectivity index (χ0v) is 6.18. The fourth-order valence-corrected chi connectivity index (χ4v) is 0.997. The van der Waals surface area contributed by atoms with Crippen molar-refractivity contribution in [1.29, 1.82) is 0 Å². The highest BCUT2D eigenvalue weighted by Gasteiger charge is 2.10. The topological polar surface area (TPSA) is 24.7 Å². The summed E-state index contributed by atoms with van der Waals surface area (Å²) < 4.78 is 0. The highest BCUT2D eigenvalue weighted by molar-refractivity contribution is 5.17. The molecule has 50 valence electrons. The van der Waals surface area contributed by atoms with Crippen LogP contribution in [0.15, 0.2) is 21.5 Å². The van der Waals surface area contributed by atoms with E-state index in [1.807, 2.05) is 6.92 Å². The van der Waals surface area contributed by atoms with Gasteiger partial charge in [0.1, 0.15) is 0 Å². The minimum Gasteiger partial charge on any atom is -0.184 e. The van der Waals surface area contributed by atoms with Crippen LogP contribution < -0.4 is 0 Å². The summed E-state index contributed by atoms with van der Waals surface area (Å²) in [6.45, 7) is 7.19. The predicted octanol–water partition coefficient (Wildman–Crippen LogP) is 2.38. The van der Waals surface area contributed by atoms with E-state index >= 15 is 0 Å². The third-order valence-corrected chi connectivity index (χ3v) is 1.62. The molecule has 0 aromatic carbocycles. The van der Waals surface area contributed by atoms with Crippen LogP contribution in [0, 0.1) is 5.92 Å². The first kappa shape index (κ1) is 6.46. The molecule has 0 aromatic rings. The highest BCUT2D eigenvalue weighted by atomic mass is 15.1. The maximum absolute atomic E-state index is 3.94. The second-order valence-corrected chi connectivity index (χ2v) is 2.66. The third-order valence-electron chi connectivity index (χ3n) is 1.62. The Balaban J connectivity index is 2.73. The molecule has 0 saturated heterocycles. The number of allylic oxidation sites excluding steroid dienone is 1. The molecule has 0 amide bonds. The molecule has 0 bridgehead atoms. The molecule has 0 N–H and O–H groups in total. The van der Waals surface area contributed by atoms with Crippen molar-refractivity contribution in [1.82, 2.24) is 0 Å². The van der Waals surface area contributed by atoms with Crippen LogP contribution in [0.1, 0.15) is 20.8 Å². The predicted molar refractivity (Wildman–Crippen MR) is 37.3 cm³/mol. The number of hydrogen-bond donors (Lipinski definition) is 0. The van der Waals surface area contributed by atoms with Crippen LogP contribution in [-0.4, -0.2) is 6.54 Å². The van der Waals surface area contributed by atoms with E-state index in [-0.39, 0.29) is 0 Å². The van der Waals surface area contributed by atoms with Gasteiger partial charge >= 0.3 is 0 Å². The fraction of sp³-hybridized carbons (Fsp3) is 0.714. The van der Waals surface area contributed by atoms with Crippen LogP contribution in [0.5, 0.6) is 0 Å². The largest absolute Gasteiger partial charge is 0.184 e. The van der Waals surface area contributed by atoms with E-state index in [2.05, 4.69) is 24.1 Å². The molecule has 0 aliphatic carbocycles. The molecular formula is C7H12N2. The molecule has 0 fully saturated rings. The molecule has 0 saturated carbocycles. The van der Waals surface area contributed by atoms with Gasteiger partial charge in [0.2, 0.25) is 0 Å². The summed E-state index contributed by atoms with van der Waals surface area (Å²) in [5.41, 5.74) is 2.50. The molecule has 1 heterocycles. The lowest BCUT2D eigenvalue weighted by Crippen LogP contribution is -1.95. The van der Waals surface area contributed by atoms with E-state index in [0.717, 1.165) is 12.2 Å². The molecule has 0 radical (unpaired) electrons. The van der Waals surface area contributed by atoms with Crippen LogP contribution in [-0.2, 0) is 0 Å². The van der Waals surface area contributed by atoms with Crippen molar-refractivity contribution in [3.8, 4) is 0 Å². The van der Waals surface area contributed by atoms with E-state index in [0.29, 0.717) is 5.92 Å². The van der Waals surface area contributed by atoms with Crippen molar-refractivity contribution in [3.05, 3.63) is 11.3 Å². The van der Waals surface area contributed by atoms with Gasteiger partial charge in [0.15, 0.2) is 0 Å². The van der Waals surface area contributed by atoms with Gasteiger partial charge in [-0.2, -0.15) is 10.2 Å². The fourth-order valence-electron chi connectivity index (χ4n) is 0.997. The van der Waals surface area contributed by atoms with Gasteiger partial charge in [-0.15, -0.1) is 0 Å². The molecule has 2 heteroatoms. The van der Waals surface area contributed by atoms with Gasteiger partial charge < -0.3 is 0 Å². The van der Waals surface area contributed by atoms with Crippen molar-refractivity contribution in [2.75, 3.05) is 6.54 Å². The van der Waals surface area contributed by atoms with Crippen LogP contribution in [0.2, 0.25) is 0 Å². The number of nitrogens with zero attached hydrogens (tertiary/aromatic N) is 2. The molecule has 0 atom stereocenters. The third kappa shape index (κ3) is 1.18. The van der Waals surface area contributed by atoms with E-state index in [9.17, 15) is 0 Å². The highest BCUT2D eigenvalue weighted by Crippen LogP contribution is 2.20. The molecule has 1 aliphatic rings. The first-order valence-electron chi connectivity index (χ1n) is 3.29. The van der Waals surface area contributed by atoms with Crippen molar-refractivity contribution < 1.29 is 0 Å². The summed E-state index contributed by atoms with van der Waals surface area (Å²) in [4.78, 5) is 0. The summed E-state index contributed by atoms with van der Waals surface area (Å²) in [6.07, 6.45) is 0. The van der Waals surface area contributed by atoms with Crippen LogP contribution in [0.3, 0.4) is 0 Å². The number of hydrogen-bond acceptors (Lipinski definition) is 2. The van der Waals surface area contributed by atoms with Crippen LogP contribution in [0.4, 0.5) is 0 Å². The van der Waals surface area contributed by atoms with Crippen molar-refractivity contribution in [3.63, 3.8) is 0 Å². The van der Waals surface area contributed by atoms with Crippen molar-refractivity contribution in [2.45, 2.75) is 20.8 Å². The first-order valence-corrected chi connectivity index (χ1v) is 3.29. The van der Waals surface area contributed by atoms with Gasteiger partial charge in [0.05, 0.1) is 12.2 Å². The summed E-state index contributed by atoms with van der Waals surface area (Å²) in [5.74, 6) is 0.611. The van der Waals surface area contributed by atoms with E-state index in [1.165, 1.54) is 5.57 Å². The summed E-state index contributed by atoms with van der Waals surface area (Å²) in [7, 11) is 0. The first-order chi connectivity index (χ1) is 4.22.